The molecule has 112 valence electrons. The maximum Gasteiger partial charge on any atom is 0.239 e. The van der Waals surface area contributed by atoms with Crippen LogP contribution in [0.5, 0.6) is 0 Å². The Kier molecular flexibility index (Phi) is 4.19. The molecule has 2 aromatic rings. The van der Waals surface area contributed by atoms with Gasteiger partial charge in [-0.05, 0) is 25.0 Å². The maximum absolute atomic E-state index is 12.3. The number of benzene rings is 1. The number of piperidine rings is 1. The Labute approximate surface area is 127 Å². The summed E-state index contributed by atoms with van der Waals surface area (Å²) < 4.78 is 1.12. The average molecular weight is 305 g/mol. The number of likely N-dealkylation sites (tertiary alicyclic amines) is 1. The third-order valence-electron chi connectivity index (χ3n) is 3.83. The average Bonchev–Trinajstić information content (AvgIpc) is 2.89. The van der Waals surface area contributed by atoms with Gasteiger partial charge < -0.3 is 15.7 Å². The molecule has 0 bridgehead atoms. The largest absolute Gasteiger partial charge is 0.393 e. The van der Waals surface area contributed by atoms with Crippen molar-refractivity contribution in [3.63, 3.8) is 0 Å². The van der Waals surface area contributed by atoms with Crippen molar-refractivity contribution in [2.75, 3.05) is 13.1 Å². The van der Waals surface area contributed by atoms with E-state index in [4.69, 9.17) is 5.73 Å². The van der Waals surface area contributed by atoms with E-state index < -0.39 is 6.04 Å². The van der Waals surface area contributed by atoms with Gasteiger partial charge in [0.05, 0.1) is 27.4 Å². The van der Waals surface area contributed by atoms with Gasteiger partial charge in [0, 0.05) is 19.5 Å². The topological polar surface area (TPSA) is 79.5 Å². The number of para-hydroxylation sites is 1. The van der Waals surface area contributed by atoms with Crippen molar-refractivity contribution in [1.82, 2.24) is 9.88 Å². The van der Waals surface area contributed by atoms with Crippen molar-refractivity contribution in [3.8, 4) is 0 Å². The van der Waals surface area contributed by atoms with Gasteiger partial charge in [-0.2, -0.15) is 0 Å². The summed E-state index contributed by atoms with van der Waals surface area (Å²) in [5.74, 6) is -0.0406. The number of fused-ring (bicyclic) bond motifs is 1. The minimum Gasteiger partial charge on any atom is -0.393 e. The monoisotopic (exact) mass is 305 g/mol. The number of hydrogen-bond donors (Lipinski definition) is 2. The zero-order valence-corrected chi connectivity index (χ0v) is 12.6. The number of aliphatic hydroxyl groups excluding tert-OH is 1. The summed E-state index contributed by atoms with van der Waals surface area (Å²) in [6.45, 7) is 1.18. The molecule has 1 aliphatic heterocycles. The number of aliphatic hydroxyl groups is 1. The van der Waals surface area contributed by atoms with E-state index in [1.54, 1.807) is 16.2 Å². The second-order valence-corrected chi connectivity index (χ2v) is 6.56. The molecule has 0 spiro atoms. The van der Waals surface area contributed by atoms with Crippen molar-refractivity contribution < 1.29 is 9.90 Å². The summed E-state index contributed by atoms with van der Waals surface area (Å²) in [5, 5.41) is 10.4. The summed E-state index contributed by atoms with van der Waals surface area (Å²) in [6.07, 6.45) is 1.46. The molecule has 0 radical (unpaired) electrons. The van der Waals surface area contributed by atoms with Gasteiger partial charge in [0.25, 0.3) is 0 Å². The fourth-order valence-electron chi connectivity index (χ4n) is 2.60. The first-order valence-corrected chi connectivity index (χ1v) is 8.02. The Hall–Kier alpha value is -1.50. The molecule has 21 heavy (non-hydrogen) atoms. The standard InChI is InChI=1S/C15H19N3O2S/c16-11(15(20)18-7-5-10(19)6-8-18)9-14-17-12-3-1-2-4-13(12)21-14/h1-4,10-11,19H,5-9,16H2/t11-/m0/s1. The second-order valence-electron chi connectivity index (χ2n) is 5.44. The smallest absolute Gasteiger partial charge is 0.239 e. The van der Waals surface area contributed by atoms with Crippen molar-refractivity contribution in [2.45, 2.75) is 31.4 Å². The van der Waals surface area contributed by atoms with E-state index >= 15 is 0 Å². The van der Waals surface area contributed by atoms with Crippen LogP contribution >= 0.6 is 11.3 Å². The first-order valence-electron chi connectivity index (χ1n) is 7.20. The van der Waals surface area contributed by atoms with Crippen LogP contribution in [0.1, 0.15) is 17.8 Å². The summed E-state index contributed by atoms with van der Waals surface area (Å²) in [7, 11) is 0. The zero-order valence-electron chi connectivity index (χ0n) is 11.7. The van der Waals surface area contributed by atoms with Gasteiger partial charge in [-0.3, -0.25) is 4.79 Å². The molecule has 1 aliphatic rings. The second kappa shape index (κ2) is 6.09. The lowest BCUT2D eigenvalue weighted by molar-refractivity contribution is -0.134. The summed E-state index contributed by atoms with van der Waals surface area (Å²) in [4.78, 5) is 18.6. The van der Waals surface area contributed by atoms with Crippen molar-refractivity contribution in [3.05, 3.63) is 29.3 Å². The highest BCUT2D eigenvalue weighted by Crippen LogP contribution is 2.22. The maximum atomic E-state index is 12.3. The van der Waals surface area contributed by atoms with E-state index in [0.29, 0.717) is 32.4 Å². The van der Waals surface area contributed by atoms with Crippen LogP contribution in [0, 0.1) is 0 Å². The van der Waals surface area contributed by atoms with Gasteiger partial charge >= 0.3 is 0 Å². The number of nitrogens with two attached hydrogens (primary N) is 1. The Bertz CT molecular complexity index is 602. The number of carbonyl (C=O) groups is 1. The fraction of sp³-hybridized carbons (Fsp3) is 0.467. The lowest BCUT2D eigenvalue weighted by Crippen LogP contribution is -2.48. The van der Waals surface area contributed by atoms with E-state index in [2.05, 4.69) is 4.98 Å². The molecule has 1 atom stereocenters. The SMILES string of the molecule is N[C@@H](Cc1nc2ccccc2s1)C(=O)N1CCC(O)CC1. The molecular formula is C15H19N3O2S. The summed E-state index contributed by atoms with van der Waals surface area (Å²) in [5.41, 5.74) is 7.01. The number of hydrogen-bond acceptors (Lipinski definition) is 5. The van der Waals surface area contributed by atoms with Crippen molar-refractivity contribution in [2.24, 2.45) is 5.73 Å². The van der Waals surface area contributed by atoms with Crippen molar-refractivity contribution in [1.29, 1.82) is 0 Å². The number of carbonyl (C=O) groups excluding carboxylic acids is 1. The van der Waals surface area contributed by atoms with Crippen LogP contribution in [0.15, 0.2) is 24.3 Å². The lowest BCUT2D eigenvalue weighted by atomic mass is 10.1. The molecule has 0 unspecified atom stereocenters. The van der Waals surface area contributed by atoms with Crippen LogP contribution in [0.4, 0.5) is 0 Å². The first-order chi connectivity index (χ1) is 10.1. The van der Waals surface area contributed by atoms with Crippen molar-refractivity contribution >= 4 is 27.5 Å². The lowest BCUT2D eigenvalue weighted by Gasteiger charge is -2.31. The van der Waals surface area contributed by atoms with Gasteiger partial charge in [-0.25, -0.2) is 4.98 Å². The van der Waals surface area contributed by atoms with E-state index in [1.807, 2.05) is 24.3 Å². The molecule has 1 saturated heterocycles. The van der Waals surface area contributed by atoms with Crippen LogP contribution in [0.2, 0.25) is 0 Å². The minimum atomic E-state index is -0.555. The molecule has 5 nitrogen and oxygen atoms in total. The molecule has 1 aromatic heterocycles. The van der Waals surface area contributed by atoms with E-state index in [1.165, 1.54) is 0 Å². The number of aromatic nitrogens is 1. The molecular weight excluding hydrogens is 286 g/mol. The van der Waals surface area contributed by atoms with E-state index in [0.717, 1.165) is 15.2 Å². The molecule has 1 amide bonds. The number of thiazole rings is 1. The molecule has 3 rings (SSSR count). The normalized spacial score (nSPS) is 18.1. The highest BCUT2D eigenvalue weighted by atomic mass is 32.1. The van der Waals surface area contributed by atoms with Gasteiger partial charge in [0.1, 0.15) is 0 Å². The Morgan fingerprint density at radius 2 is 2.14 bits per heavy atom. The molecule has 1 fully saturated rings. The van der Waals surface area contributed by atoms with Crippen LogP contribution in [-0.2, 0) is 11.2 Å². The molecule has 3 N–H and O–H groups in total. The first kappa shape index (κ1) is 14.4. The Morgan fingerprint density at radius 1 is 1.43 bits per heavy atom. The zero-order chi connectivity index (χ0) is 14.8. The molecule has 6 heteroatoms. The molecule has 0 aliphatic carbocycles. The minimum absolute atomic E-state index is 0.0406. The van der Waals surface area contributed by atoms with Gasteiger partial charge in [0.15, 0.2) is 0 Å². The van der Waals surface area contributed by atoms with Crippen LogP contribution in [0.3, 0.4) is 0 Å². The third kappa shape index (κ3) is 3.23. The highest BCUT2D eigenvalue weighted by Gasteiger charge is 2.26. The number of amides is 1. The van der Waals surface area contributed by atoms with Crippen LogP contribution in [-0.4, -0.2) is 46.1 Å². The summed E-state index contributed by atoms with van der Waals surface area (Å²) in [6, 6.07) is 7.37. The van der Waals surface area contributed by atoms with Crippen LogP contribution < -0.4 is 5.73 Å². The van der Waals surface area contributed by atoms with Gasteiger partial charge in [-0.1, -0.05) is 12.1 Å². The summed E-state index contributed by atoms with van der Waals surface area (Å²) >= 11 is 1.59. The molecule has 1 aromatic carbocycles. The predicted molar refractivity (Wildman–Crippen MR) is 83.1 cm³/mol. The Balaban J connectivity index is 1.65. The van der Waals surface area contributed by atoms with E-state index in [9.17, 15) is 9.90 Å². The van der Waals surface area contributed by atoms with Crippen LogP contribution in [0.25, 0.3) is 10.2 Å². The number of nitrogens with zero attached hydrogens (tertiary/aromatic N) is 2. The quantitative estimate of drug-likeness (QED) is 0.891. The van der Waals surface area contributed by atoms with E-state index in [-0.39, 0.29) is 12.0 Å². The highest BCUT2D eigenvalue weighted by molar-refractivity contribution is 7.18. The predicted octanol–water partition coefficient (Wildman–Crippen LogP) is 1.15. The molecule has 0 saturated carbocycles. The molecule has 2 heterocycles. The van der Waals surface area contributed by atoms with Gasteiger partial charge in [0.2, 0.25) is 5.91 Å². The third-order valence-corrected chi connectivity index (χ3v) is 4.88. The fourth-order valence-corrected chi connectivity index (χ4v) is 3.63. The number of rotatable bonds is 3. The van der Waals surface area contributed by atoms with Gasteiger partial charge in [-0.15, -0.1) is 11.3 Å². The Morgan fingerprint density at radius 3 is 2.86 bits per heavy atom.